The van der Waals surface area contributed by atoms with Crippen LogP contribution in [0.5, 0.6) is 5.75 Å². The molecule has 5 rings (SSSR count). The molecule has 1 aromatic heterocycles. The zero-order chi connectivity index (χ0) is 23.7. The number of anilines is 1. The van der Waals surface area contributed by atoms with Gasteiger partial charge in [0.1, 0.15) is 5.75 Å². The van der Waals surface area contributed by atoms with Crippen LogP contribution in [-0.2, 0) is 0 Å². The number of rotatable bonds is 5. The predicted octanol–water partition coefficient (Wildman–Crippen LogP) is 5.92. The van der Waals surface area contributed by atoms with E-state index in [1.807, 2.05) is 66.4 Å². The number of aryl methyl sites for hydroxylation is 1. The van der Waals surface area contributed by atoms with Crippen molar-refractivity contribution in [1.82, 2.24) is 15.5 Å². The smallest absolute Gasteiger partial charge is 0.258 e. The zero-order valence-electron chi connectivity index (χ0n) is 19.1. The largest absolute Gasteiger partial charge is 0.497 e. The molecule has 0 fully saturated rings. The molecule has 4 aromatic rings. The molecule has 1 N–H and O–H groups in total. The molecule has 1 unspecified atom stereocenters. The molecule has 0 saturated heterocycles. The number of aromatic nitrogens is 2. The van der Waals surface area contributed by atoms with Crippen molar-refractivity contribution in [2.45, 2.75) is 19.9 Å². The van der Waals surface area contributed by atoms with E-state index in [9.17, 15) is 0 Å². The fourth-order valence-electron chi connectivity index (χ4n) is 4.11. The second kappa shape index (κ2) is 9.11. The second-order valence-electron chi connectivity index (χ2n) is 8.11. The maximum Gasteiger partial charge on any atom is 0.258 e. The van der Waals surface area contributed by atoms with E-state index in [2.05, 4.69) is 41.7 Å². The Morgan fingerprint density at radius 1 is 0.941 bits per heavy atom. The minimum atomic E-state index is -0.225. The Hall–Kier alpha value is -3.97. The van der Waals surface area contributed by atoms with Gasteiger partial charge in [-0.15, -0.1) is 0 Å². The molecule has 0 bridgehead atoms. The molecule has 0 radical (unpaired) electrons. The number of thiocarbonyl (C=S) groups is 1. The highest BCUT2D eigenvalue weighted by Crippen LogP contribution is 2.39. The Kier molecular flexibility index (Phi) is 5.86. The molecule has 0 spiro atoms. The van der Waals surface area contributed by atoms with Crippen LogP contribution in [-0.4, -0.2) is 22.4 Å². The summed E-state index contributed by atoms with van der Waals surface area (Å²) < 4.78 is 11.1. The van der Waals surface area contributed by atoms with Crippen LogP contribution in [0.2, 0.25) is 0 Å². The van der Waals surface area contributed by atoms with Gasteiger partial charge in [-0.2, -0.15) is 4.98 Å². The number of hydrogen-bond donors (Lipinski definition) is 1. The Labute approximate surface area is 203 Å². The van der Waals surface area contributed by atoms with Crippen molar-refractivity contribution in [3.8, 4) is 17.1 Å². The number of para-hydroxylation sites is 1. The molecule has 0 amide bonds. The highest BCUT2D eigenvalue weighted by Gasteiger charge is 2.34. The number of nitrogens with one attached hydrogen (secondary N) is 1. The topological polar surface area (TPSA) is 63.4 Å². The highest BCUT2D eigenvalue weighted by atomic mass is 32.1. The van der Waals surface area contributed by atoms with Crippen LogP contribution < -0.4 is 15.0 Å². The van der Waals surface area contributed by atoms with E-state index in [4.69, 9.17) is 26.5 Å². The van der Waals surface area contributed by atoms with Crippen molar-refractivity contribution in [2.75, 3.05) is 12.0 Å². The lowest BCUT2D eigenvalue weighted by Crippen LogP contribution is -2.46. The Balaban J connectivity index is 1.62. The monoisotopic (exact) mass is 468 g/mol. The molecule has 1 aliphatic heterocycles. The first-order valence-electron chi connectivity index (χ1n) is 11.0. The minimum absolute atomic E-state index is 0.225. The van der Waals surface area contributed by atoms with Gasteiger partial charge in [0.15, 0.2) is 5.11 Å². The van der Waals surface area contributed by atoms with E-state index < -0.39 is 0 Å². The zero-order valence-corrected chi connectivity index (χ0v) is 20.0. The Bertz CT molecular complexity index is 1350. The van der Waals surface area contributed by atoms with Crippen molar-refractivity contribution in [3.63, 3.8) is 0 Å². The molecule has 170 valence electrons. The van der Waals surface area contributed by atoms with Crippen LogP contribution in [0.25, 0.3) is 17.0 Å². The summed E-state index contributed by atoms with van der Waals surface area (Å²) in [6.45, 7) is 4.11. The predicted molar refractivity (Wildman–Crippen MR) is 137 cm³/mol. The number of allylic oxidation sites excluding steroid dienone is 1. The third-order valence-corrected chi connectivity index (χ3v) is 6.21. The molecule has 34 heavy (non-hydrogen) atoms. The number of nitrogens with zero attached hydrogens (tertiary/aromatic N) is 3. The lowest BCUT2D eigenvalue weighted by molar-refractivity contribution is 0.404. The van der Waals surface area contributed by atoms with Gasteiger partial charge < -0.3 is 14.6 Å². The summed E-state index contributed by atoms with van der Waals surface area (Å²) in [4.78, 5) is 6.78. The Morgan fingerprint density at radius 3 is 2.32 bits per heavy atom. The SMILES string of the molecule is COc1ccc(-c2noc(C3=C(C)N(c4ccccc4)C(=S)NC3c3ccc(C)cc3)n2)cc1. The van der Waals surface area contributed by atoms with Gasteiger partial charge in [0, 0.05) is 16.9 Å². The van der Waals surface area contributed by atoms with E-state index in [1.165, 1.54) is 5.56 Å². The number of ether oxygens (including phenoxy) is 1. The summed E-state index contributed by atoms with van der Waals surface area (Å²) in [7, 11) is 1.64. The number of benzene rings is 3. The molecular weight excluding hydrogens is 444 g/mol. The van der Waals surface area contributed by atoms with Gasteiger partial charge in [-0.05, 0) is 68.0 Å². The fraction of sp³-hybridized carbons (Fsp3) is 0.148. The van der Waals surface area contributed by atoms with Crippen LogP contribution in [0.4, 0.5) is 5.69 Å². The average Bonchev–Trinajstić information content (AvgIpc) is 3.34. The summed E-state index contributed by atoms with van der Waals surface area (Å²) >= 11 is 5.80. The van der Waals surface area contributed by atoms with Crippen molar-refractivity contribution in [1.29, 1.82) is 0 Å². The molecule has 6 nitrogen and oxygen atoms in total. The summed E-state index contributed by atoms with van der Waals surface area (Å²) in [5.74, 6) is 1.73. The third-order valence-electron chi connectivity index (χ3n) is 5.91. The molecule has 1 aliphatic rings. The lowest BCUT2D eigenvalue weighted by atomic mass is 9.94. The third kappa shape index (κ3) is 4.06. The van der Waals surface area contributed by atoms with Gasteiger partial charge in [-0.3, -0.25) is 4.90 Å². The lowest BCUT2D eigenvalue weighted by Gasteiger charge is -2.37. The van der Waals surface area contributed by atoms with E-state index in [-0.39, 0.29) is 6.04 Å². The van der Waals surface area contributed by atoms with E-state index >= 15 is 0 Å². The molecule has 3 aromatic carbocycles. The standard InChI is InChI=1S/C27H24N4O2S/c1-17-9-11-19(12-10-17)24-23(18(2)31(27(34)28-24)21-7-5-4-6-8-21)26-29-25(30-33-26)20-13-15-22(32-3)16-14-20/h4-16,24H,1-3H3,(H,28,34). The molecular formula is C27H24N4O2S. The summed E-state index contributed by atoms with van der Waals surface area (Å²) in [5, 5.41) is 8.39. The van der Waals surface area contributed by atoms with E-state index in [0.29, 0.717) is 16.8 Å². The molecule has 7 heteroatoms. The first kappa shape index (κ1) is 21.9. The highest BCUT2D eigenvalue weighted by molar-refractivity contribution is 7.80. The van der Waals surface area contributed by atoms with Crippen molar-refractivity contribution >= 4 is 28.6 Å². The molecule has 1 atom stereocenters. The minimum Gasteiger partial charge on any atom is -0.497 e. The van der Waals surface area contributed by atoms with Crippen LogP contribution >= 0.6 is 12.2 Å². The van der Waals surface area contributed by atoms with E-state index in [0.717, 1.165) is 33.8 Å². The van der Waals surface area contributed by atoms with Crippen molar-refractivity contribution in [3.05, 3.63) is 102 Å². The van der Waals surface area contributed by atoms with Gasteiger partial charge >= 0.3 is 0 Å². The first-order chi connectivity index (χ1) is 16.5. The second-order valence-corrected chi connectivity index (χ2v) is 8.50. The van der Waals surface area contributed by atoms with Gasteiger partial charge in [0.2, 0.25) is 5.82 Å². The maximum atomic E-state index is 5.82. The summed E-state index contributed by atoms with van der Waals surface area (Å²) in [6, 6.07) is 25.8. The van der Waals surface area contributed by atoms with Crippen LogP contribution in [0.3, 0.4) is 0 Å². The van der Waals surface area contributed by atoms with Gasteiger partial charge in [0.25, 0.3) is 5.89 Å². The fourth-order valence-corrected chi connectivity index (χ4v) is 4.47. The molecule has 0 saturated carbocycles. The summed E-state index contributed by atoms with van der Waals surface area (Å²) in [6.07, 6.45) is 0. The first-order valence-corrected chi connectivity index (χ1v) is 11.4. The Morgan fingerprint density at radius 2 is 1.65 bits per heavy atom. The normalized spacial score (nSPS) is 15.9. The quantitative estimate of drug-likeness (QED) is 0.365. The summed E-state index contributed by atoms with van der Waals surface area (Å²) in [5.41, 5.74) is 5.89. The average molecular weight is 469 g/mol. The number of methoxy groups -OCH3 is 1. The van der Waals surface area contributed by atoms with Crippen LogP contribution in [0, 0.1) is 6.92 Å². The van der Waals surface area contributed by atoms with Crippen molar-refractivity contribution < 1.29 is 9.26 Å². The number of hydrogen-bond acceptors (Lipinski definition) is 5. The van der Waals surface area contributed by atoms with Gasteiger partial charge in [0.05, 0.1) is 18.7 Å². The maximum absolute atomic E-state index is 5.82. The molecule has 2 heterocycles. The van der Waals surface area contributed by atoms with Crippen LogP contribution in [0.15, 0.2) is 89.1 Å². The van der Waals surface area contributed by atoms with Gasteiger partial charge in [-0.25, -0.2) is 0 Å². The van der Waals surface area contributed by atoms with Crippen molar-refractivity contribution in [2.24, 2.45) is 0 Å². The molecule has 0 aliphatic carbocycles. The van der Waals surface area contributed by atoms with Crippen LogP contribution in [0.1, 0.15) is 30.0 Å². The van der Waals surface area contributed by atoms with E-state index in [1.54, 1.807) is 7.11 Å². The van der Waals surface area contributed by atoms with Gasteiger partial charge in [-0.1, -0.05) is 53.2 Å².